The summed E-state index contributed by atoms with van der Waals surface area (Å²) in [7, 11) is 0. The van der Waals surface area contributed by atoms with Gasteiger partial charge in [-0.25, -0.2) is 0 Å². The first-order valence-electron chi connectivity index (χ1n) is 6.05. The highest BCUT2D eigenvalue weighted by Gasteiger charge is 2.12. The summed E-state index contributed by atoms with van der Waals surface area (Å²) in [5, 5.41) is 2.86. The predicted molar refractivity (Wildman–Crippen MR) is 96.9 cm³/mol. The van der Waals surface area contributed by atoms with Crippen LogP contribution in [0.15, 0.2) is 45.3 Å². The molecule has 1 amide bonds. The van der Waals surface area contributed by atoms with E-state index in [1.54, 1.807) is 18.2 Å². The third-order valence-electron chi connectivity index (χ3n) is 2.87. The van der Waals surface area contributed by atoms with Gasteiger partial charge in [0.25, 0.3) is 5.91 Å². The average Bonchev–Trinajstić information content (AvgIpc) is 2.43. The van der Waals surface area contributed by atoms with Crippen LogP contribution in [0.1, 0.15) is 21.5 Å². The number of anilines is 1. The lowest BCUT2D eigenvalue weighted by atomic mass is 10.1. The topological polar surface area (TPSA) is 55.1 Å². The molecule has 2 rings (SSSR count). The van der Waals surface area contributed by atoms with Gasteiger partial charge in [-0.15, -0.1) is 0 Å². The number of rotatable bonds is 3. The second kappa shape index (κ2) is 6.68. The van der Waals surface area contributed by atoms with Crippen molar-refractivity contribution in [2.24, 2.45) is 5.73 Å². The minimum absolute atomic E-state index is 0.186. The molecule has 108 valence electrons. The molecule has 2 aromatic carbocycles. The molecule has 0 fully saturated rings. The van der Waals surface area contributed by atoms with Gasteiger partial charge in [-0.05, 0) is 69.1 Å². The fourth-order valence-electron chi connectivity index (χ4n) is 1.77. The SMILES string of the molecule is Cc1ccc(Br)c(C(=O)Nc2ccc(C(N)=S)cc2Br)c1. The molecule has 0 aromatic heterocycles. The number of halogens is 2. The number of carbonyl (C=O) groups excluding carboxylic acids is 1. The Balaban J connectivity index is 2.27. The van der Waals surface area contributed by atoms with Gasteiger partial charge in [0, 0.05) is 14.5 Å². The number of aryl methyl sites for hydroxylation is 1. The maximum Gasteiger partial charge on any atom is 0.256 e. The maximum absolute atomic E-state index is 12.3. The summed E-state index contributed by atoms with van der Waals surface area (Å²) in [5.41, 5.74) is 8.58. The number of thiocarbonyl (C=S) groups is 1. The van der Waals surface area contributed by atoms with E-state index in [4.69, 9.17) is 18.0 Å². The monoisotopic (exact) mass is 426 g/mol. The molecule has 0 aliphatic rings. The Kier molecular flexibility index (Phi) is 5.13. The molecular formula is C15H12Br2N2OS. The van der Waals surface area contributed by atoms with Gasteiger partial charge < -0.3 is 11.1 Å². The molecule has 3 N–H and O–H groups in total. The molecule has 0 radical (unpaired) electrons. The van der Waals surface area contributed by atoms with Gasteiger partial charge in [-0.2, -0.15) is 0 Å². The van der Waals surface area contributed by atoms with Crippen LogP contribution in [0.25, 0.3) is 0 Å². The number of benzene rings is 2. The van der Waals surface area contributed by atoms with Crippen molar-refractivity contribution in [3.63, 3.8) is 0 Å². The zero-order valence-electron chi connectivity index (χ0n) is 11.1. The van der Waals surface area contributed by atoms with Crippen molar-refractivity contribution in [2.75, 3.05) is 5.32 Å². The third-order valence-corrected chi connectivity index (χ3v) is 4.45. The van der Waals surface area contributed by atoms with Gasteiger partial charge in [-0.1, -0.05) is 23.8 Å². The van der Waals surface area contributed by atoms with Crippen LogP contribution < -0.4 is 11.1 Å². The summed E-state index contributed by atoms with van der Waals surface area (Å²) in [5.74, 6) is -0.186. The molecule has 0 spiro atoms. The molecule has 0 bridgehead atoms. The van der Waals surface area contributed by atoms with Gasteiger partial charge in [-0.3, -0.25) is 4.79 Å². The average molecular weight is 428 g/mol. The van der Waals surface area contributed by atoms with E-state index in [0.29, 0.717) is 16.2 Å². The molecule has 0 aliphatic carbocycles. The van der Waals surface area contributed by atoms with Crippen LogP contribution in [0.4, 0.5) is 5.69 Å². The molecular weight excluding hydrogens is 416 g/mol. The zero-order chi connectivity index (χ0) is 15.6. The number of amides is 1. The maximum atomic E-state index is 12.3. The number of nitrogens with two attached hydrogens (primary N) is 1. The van der Waals surface area contributed by atoms with E-state index in [9.17, 15) is 4.79 Å². The first-order chi connectivity index (χ1) is 9.88. The van der Waals surface area contributed by atoms with Crippen LogP contribution in [-0.4, -0.2) is 10.9 Å². The molecule has 0 saturated heterocycles. The first-order valence-corrected chi connectivity index (χ1v) is 8.05. The van der Waals surface area contributed by atoms with E-state index in [1.165, 1.54) is 0 Å². The van der Waals surface area contributed by atoms with Crippen molar-refractivity contribution in [2.45, 2.75) is 6.92 Å². The largest absolute Gasteiger partial charge is 0.389 e. The van der Waals surface area contributed by atoms with E-state index >= 15 is 0 Å². The van der Waals surface area contributed by atoms with Crippen molar-refractivity contribution < 1.29 is 4.79 Å². The summed E-state index contributed by atoms with van der Waals surface area (Å²) in [6.45, 7) is 1.94. The lowest BCUT2D eigenvalue weighted by Gasteiger charge is -2.10. The Morgan fingerprint density at radius 3 is 2.48 bits per heavy atom. The third kappa shape index (κ3) is 3.90. The number of nitrogens with one attached hydrogen (secondary N) is 1. The standard InChI is InChI=1S/C15H12Br2N2OS/c1-8-2-4-11(16)10(6-8)15(20)19-13-5-3-9(14(18)21)7-12(13)17/h2-7H,1H3,(H2,18,21)(H,19,20). The van der Waals surface area contributed by atoms with E-state index in [0.717, 1.165) is 20.1 Å². The van der Waals surface area contributed by atoms with Crippen molar-refractivity contribution >= 4 is 60.7 Å². The Hall–Kier alpha value is -1.24. The van der Waals surface area contributed by atoms with Gasteiger partial charge in [0.1, 0.15) is 4.99 Å². The smallest absolute Gasteiger partial charge is 0.256 e. The first kappa shape index (κ1) is 16.1. The van der Waals surface area contributed by atoms with Gasteiger partial charge in [0.2, 0.25) is 0 Å². The number of hydrogen-bond donors (Lipinski definition) is 2. The predicted octanol–water partition coefficient (Wildman–Crippen LogP) is 4.41. The van der Waals surface area contributed by atoms with Gasteiger partial charge >= 0.3 is 0 Å². The fourth-order valence-corrected chi connectivity index (χ4v) is 2.80. The van der Waals surface area contributed by atoms with Crippen LogP contribution in [0.5, 0.6) is 0 Å². The minimum Gasteiger partial charge on any atom is -0.389 e. The second-order valence-electron chi connectivity index (χ2n) is 4.50. The van der Waals surface area contributed by atoms with Crippen LogP contribution in [0.3, 0.4) is 0 Å². The molecule has 21 heavy (non-hydrogen) atoms. The second-order valence-corrected chi connectivity index (χ2v) is 6.64. The van der Waals surface area contributed by atoms with Crippen LogP contribution in [0, 0.1) is 6.92 Å². The zero-order valence-corrected chi connectivity index (χ0v) is 15.1. The highest BCUT2D eigenvalue weighted by Crippen LogP contribution is 2.26. The fraction of sp³-hybridized carbons (Fsp3) is 0.0667. The lowest BCUT2D eigenvalue weighted by Crippen LogP contribution is -2.14. The van der Waals surface area contributed by atoms with Crippen LogP contribution in [-0.2, 0) is 0 Å². The molecule has 0 saturated carbocycles. The summed E-state index contributed by atoms with van der Waals surface area (Å²) in [6, 6.07) is 10.9. The summed E-state index contributed by atoms with van der Waals surface area (Å²) >= 11 is 11.7. The summed E-state index contributed by atoms with van der Waals surface area (Å²) < 4.78 is 1.48. The Bertz CT molecular complexity index is 732. The Labute approximate surface area is 145 Å². The Morgan fingerprint density at radius 1 is 1.14 bits per heavy atom. The van der Waals surface area contributed by atoms with Crippen molar-refractivity contribution in [3.05, 3.63) is 62.0 Å². The normalized spacial score (nSPS) is 10.2. The minimum atomic E-state index is -0.186. The van der Waals surface area contributed by atoms with Gasteiger partial charge in [0.05, 0.1) is 11.3 Å². The van der Waals surface area contributed by atoms with E-state index in [-0.39, 0.29) is 5.91 Å². The molecule has 6 heteroatoms. The van der Waals surface area contributed by atoms with Crippen LogP contribution in [0.2, 0.25) is 0 Å². The van der Waals surface area contributed by atoms with E-state index in [1.807, 2.05) is 25.1 Å². The van der Waals surface area contributed by atoms with Crippen molar-refractivity contribution in [1.29, 1.82) is 0 Å². The number of carbonyl (C=O) groups is 1. The highest BCUT2D eigenvalue weighted by molar-refractivity contribution is 9.11. The molecule has 3 nitrogen and oxygen atoms in total. The van der Waals surface area contributed by atoms with E-state index in [2.05, 4.69) is 37.2 Å². The quantitative estimate of drug-likeness (QED) is 0.713. The summed E-state index contributed by atoms with van der Waals surface area (Å²) in [6.07, 6.45) is 0. The molecule has 2 aromatic rings. The Morgan fingerprint density at radius 2 is 1.86 bits per heavy atom. The van der Waals surface area contributed by atoms with Gasteiger partial charge in [0.15, 0.2) is 0 Å². The molecule has 0 heterocycles. The van der Waals surface area contributed by atoms with Crippen molar-refractivity contribution in [1.82, 2.24) is 0 Å². The van der Waals surface area contributed by atoms with E-state index < -0.39 is 0 Å². The number of hydrogen-bond acceptors (Lipinski definition) is 2. The van der Waals surface area contributed by atoms with Crippen LogP contribution >= 0.6 is 44.1 Å². The highest BCUT2D eigenvalue weighted by atomic mass is 79.9. The lowest BCUT2D eigenvalue weighted by molar-refractivity contribution is 0.102. The molecule has 0 aliphatic heterocycles. The molecule has 0 atom stereocenters. The summed E-state index contributed by atoms with van der Waals surface area (Å²) in [4.78, 5) is 12.7. The van der Waals surface area contributed by atoms with Crippen molar-refractivity contribution in [3.8, 4) is 0 Å². The molecule has 0 unspecified atom stereocenters.